The van der Waals surface area contributed by atoms with Gasteiger partial charge in [-0.2, -0.15) is 4.31 Å². The molecule has 2 aromatic carbocycles. The topological polar surface area (TPSA) is 66.9 Å². The number of hydrogen-bond donors (Lipinski definition) is 0. The Labute approximate surface area is 187 Å². The Morgan fingerprint density at radius 2 is 1.77 bits per heavy atom. The molecule has 0 atom stereocenters. The van der Waals surface area contributed by atoms with E-state index >= 15 is 0 Å². The van der Waals surface area contributed by atoms with Gasteiger partial charge in [0, 0.05) is 26.7 Å². The van der Waals surface area contributed by atoms with Crippen LogP contribution in [0.2, 0.25) is 0 Å². The van der Waals surface area contributed by atoms with Gasteiger partial charge < -0.3 is 9.64 Å². The first-order valence-electron chi connectivity index (χ1n) is 10.3. The second-order valence-electron chi connectivity index (χ2n) is 7.79. The molecule has 0 bridgehead atoms. The number of ether oxygens (including phenoxy) is 1. The molecule has 1 saturated heterocycles. The maximum Gasteiger partial charge on any atom is 0.265 e. The van der Waals surface area contributed by atoms with Crippen LogP contribution in [0.1, 0.15) is 34.5 Å². The third-order valence-electron chi connectivity index (χ3n) is 5.63. The van der Waals surface area contributed by atoms with E-state index in [2.05, 4.69) is 0 Å². The number of sulfonamides is 1. The van der Waals surface area contributed by atoms with E-state index in [1.54, 1.807) is 30.5 Å². The van der Waals surface area contributed by atoms with Crippen molar-refractivity contribution in [2.75, 3.05) is 27.2 Å². The van der Waals surface area contributed by atoms with E-state index < -0.39 is 10.0 Å². The van der Waals surface area contributed by atoms with Gasteiger partial charge in [0.25, 0.3) is 5.91 Å². The lowest BCUT2D eigenvalue weighted by molar-refractivity contribution is 0.0786. The number of amides is 1. The van der Waals surface area contributed by atoms with Crippen molar-refractivity contribution in [2.45, 2.75) is 30.7 Å². The quantitative estimate of drug-likeness (QED) is 0.551. The summed E-state index contributed by atoms with van der Waals surface area (Å²) in [7, 11) is -0.307. The van der Waals surface area contributed by atoms with Gasteiger partial charge in [0.1, 0.15) is 15.5 Å². The molecule has 8 heteroatoms. The zero-order chi connectivity index (χ0) is 22.0. The van der Waals surface area contributed by atoms with E-state index in [9.17, 15) is 13.2 Å². The highest BCUT2D eigenvalue weighted by molar-refractivity contribution is 7.89. The largest absolute Gasteiger partial charge is 0.497 e. The molecule has 0 saturated carbocycles. The predicted molar refractivity (Wildman–Crippen MR) is 123 cm³/mol. The van der Waals surface area contributed by atoms with Crippen LogP contribution in [-0.4, -0.2) is 50.8 Å². The molecule has 1 aromatic heterocycles. The van der Waals surface area contributed by atoms with Crippen LogP contribution in [-0.2, 0) is 16.6 Å². The molecule has 0 N–H and O–H groups in total. The van der Waals surface area contributed by atoms with Crippen LogP contribution < -0.4 is 4.74 Å². The Balaban J connectivity index is 1.54. The molecule has 0 radical (unpaired) electrons. The SMILES string of the molecule is COc1ccc2cc(CN(C)C(=O)c3sccc3S(=O)(=O)N3CCCCC3)ccc2c1. The van der Waals surface area contributed by atoms with Crippen molar-refractivity contribution in [3.05, 3.63) is 58.3 Å². The van der Waals surface area contributed by atoms with Gasteiger partial charge in [-0.25, -0.2) is 8.42 Å². The van der Waals surface area contributed by atoms with Gasteiger partial charge in [-0.15, -0.1) is 11.3 Å². The lowest BCUT2D eigenvalue weighted by atomic mass is 10.1. The monoisotopic (exact) mass is 458 g/mol. The summed E-state index contributed by atoms with van der Waals surface area (Å²) in [6.45, 7) is 1.43. The third-order valence-corrected chi connectivity index (χ3v) is 8.61. The van der Waals surface area contributed by atoms with Gasteiger partial charge >= 0.3 is 0 Å². The first-order chi connectivity index (χ1) is 14.9. The fourth-order valence-electron chi connectivity index (χ4n) is 3.92. The number of thiophene rings is 1. The van der Waals surface area contributed by atoms with Crippen molar-refractivity contribution in [1.29, 1.82) is 0 Å². The maximum absolute atomic E-state index is 13.1. The Morgan fingerprint density at radius 1 is 1.06 bits per heavy atom. The molecule has 3 aromatic rings. The molecule has 0 unspecified atom stereocenters. The van der Waals surface area contributed by atoms with Crippen LogP contribution >= 0.6 is 11.3 Å². The summed E-state index contributed by atoms with van der Waals surface area (Å²) in [5, 5.41) is 3.80. The normalized spacial score (nSPS) is 15.2. The lowest BCUT2D eigenvalue weighted by Gasteiger charge is -2.26. The summed E-state index contributed by atoms with van der Waals surface area (Å²) in [5.74, 6) is 0.521. The highest BCUT2D eigenvalue weighted by atomic mass is 32.2. The van der Waals surface area contributed by atoms with Crippen LogP contribution in [0.5, 0.6) is 5.75 Å². The Bertz CT molecular complexity index is 1200. The van der Waals surface area contributed by atoms with Gasteiger partial charge in [-0.3, -0.25) is 4.79 Å². The van der Waals surface area contributed by atoms with E-state index in [-0.39, 0.29) is 15.7 Å². The molecule has 164 valence electrons. The zero-order valence-corrected chi connectivity index (χ0v) is 19.3. The Morgan fingerprint density at radius 3 is 2.52 bits per heavy atom. The highest BCUT2D eigenvalue weighted by Gasteiger charge is 2.31. The van der Waals surface area contributed by atoms with Gasteiger partial charge in [0.2, 0.25) is 10.0 Å². The molecule has 0 spiro atoms. The second kappa shape index (κ2) is 8.98. The van der Waals surface area contributed by atoms with Crippen LogP contribution in [0.3, 0.4) is 0 Å². The fraction of sp³-hybridized carbons (Fsp3) is 0.348. The number of hydrogen-bond acceptors (Lipinski definition) is 5. The molecule has 6 nitrogen and oxygen atoms in total. The summed E-state index contributed by atoms with van der Waals surface area (Å²) < 4.78 is 33.0. The molecule has 1 aliphatic heterocycles. The summed E-state index contributed by atoms with van der Waals surface area (Å²) in [6.07, 6.45) is 2.77. The lowest BCUT2D eigenvalue weighted by Crippen LogP contribution is -2.36. The van der Waals surface area contributed by atoms with E-state index in [0.29, 0.717) is 19.6 Å². The minimum absolute atomic E-state index is 0.127. The zero-order valence-electron chi connectivity index (χ0n) is 17.7. The first kappa shape index (κ1) is 21.8. The smallest absolute Gasteiger partial charge is 0.265 e. The molecule has 1 fully saturated rings. The van der Waals surface area contributed by atoms with Crippen LogP contribution in [0.4, 0.5) is 0 Å². The molecule has 1 aliphatic rings. The van der Waals surface area contributed by atoms with E-state index in [1.165, 1.54) is 15.6 Å². The molecule has 2 heterocycles. The van der Waals surface area contributed by atoms with Gasteiger partial charge in [0.15, 0.2) is 0 Å². The molecule has 31 heavy (non-hydrogen) atoms. The van der Waals surface area contributed by atoms with Crippen molar-refractivity contribution in [1.82, 2.24) is 9.21 Å². The number of fused-ring (bicyclic) bond motifs is 1. The molecule has 4 rings (SSSR count). The van der Waals surface area contributed by atoms with E-state index in [4.69, 9.17) is 4.74 Å². The Hall–Kier alpha value is -2.42. The molecule has 1 amide bonds. The summed E-state index contributed by atoms with van der Waals surface area (Å²) in [5.41, 5.74) is 0.977. The number of piperidine rings is 1. The number of benzene rings is 2. The van der Waals surface area contributed by atoms with Gasteiger partial charge in [0.05, 0.1) is 7.11 Å². The van der Waals surface area contributed by atoms with E-state index in [1.807, 2.05) is 36.4 Å². The summed E-state index contributed by atoms with van der Waals surface area (Å²) in [4.78, 5) is 15.1. The molecular formula is C23H26N2O4S2. The minimum atomic E-state index is -3.65. The standard InChI is InChI=1S/C23H26N2O4S2/c1-24(16-17-6-7-19-15-20(29-2)9-8-18(19)14-17)23(26)22-21(10-13-30-22)31(27,28)25-11-4-3-5-12-25/h6-10,13-15H,3-5,11-12,16H2,1-2H3. The van der Waals surface area contributed by atoms with Crippen molar-refractivity contribution < 1.29 is 17.9 Å². The van der Waals surface area contributed by atoms with Gasteiger partial charge in [-0.05, 0) is 58.8 Å². The average Bonchev–Trinajstić information content (AvgIpc) is 3.29. The van der Waals surface area contributed by atoms with Crippen molar-refractivity contribution >= 4 is 38.0 Å². The van der Waals surface area contributed by atoms with Crippen LogP contribution in [0.25, 0.3) is 10.8 Å². The average molecular weight is 459 g/mol. The fourth-order valence-corrected chi connectivity index (χ4v) is 6.82. The number of carbonyl (C=O) groups is 1. The number of carbonyl (C=O) groups excluding carboxylic acids is 1. The van der Waals surface area contributed by atoms with Crippen LogP contribution in [0.15, 0.2) is 52.7 Å². The number of methoxy groups -OCH3 is 1. The Kier molecular flexibility index (Phi) is 6.31. The minimum Gasteiger partial charge on any atom is -0.497 e. The predicted octanol–water partition coefficient (Wildman–Crippen LogP) is 4.36. The second-order valence-corrected chi connectivity index (χ2v) is 10.6. The van der Waals surface area contributed by atoms with Crippen LogP contribution in [0, 0.1) is 0 Å². The van der Waals surface area contributed by atoms with Crippen molar-refractivity contribution in [3.63, 3.8) is 0 Å². The van der Waals surface area contributed by atoms with Crippen molar-refractivity contribution in [2.24, 2.45) is 0 Å². The van der Waals surface area contributed by atoms with E-state index in [0.717, 1.165) is 41.3 Å². The number of nitrogens with zero attached hydrogens (tertiary/aromatic N) is 2. The van der Waals surface area contributed by atoms with Crippen molar-refractivity contribution in [3.8, 4) is 5.75 Å². The molecular weight excluding hydrogens is 432 g/mol. The first-order valence-corrected chi connectivity index (χ1v) is 12.6. The third kappa shape index (κ3) is 4.46. The van der Waals surface area contributed by atoms with Gasteiger partial charge in [-0.1, -0.05) is 24.6 Å². The number of rotatable bonds is 6. The summed E-state index contributed by atoms with van der Waals surface area (Å²) in [6, 6.07) is 13.4. The molecule has 0 aliphatic carbocycles. The maximum atomic E-state index is 13.1. The highest BCUT2D eigenvalue weighted by Crippen LogP contribution is 2.29. The summed E-state index contributed by atoms with van der Waals surface area (Å²) >= 11 is 1.18.